The minimum absolute atomic E-state index is 0.126. The van der Waals surface area contributed by atoms with Crippen LogP contribution in [-0.2, 0) is 4.79 Å². The van der Waals surface area contributed by atoms with Gasteiger partial charge in [0.05, 0.1) is 27.4 Å². The number of hydrogen-bond acceptors (Lipinski definition) is 6. The summed E-state index contributed by atoms with van der Waals surface area (Å²) in [6.45, 7) is 4.86. The zero-order valence-electron chi connectivity index (χ0n) is 18.5. The number of amides is 1. The minimum Gasteiger partial charge on any atom is -0.494 e. The average Bonchev–Trinajstić information content (AvgIpc) is 2.86. The van der Waals surface area contributed by atoms with Crippen LogP contribution in [0.4, 0.5) is 5.82 Å². The maximum Gasteiger partial charge on any atom is 0.260 e. The van der Waals surface area contributed by atoms with E-state index in [4.69, 9.17) is 44.3 Å². The summed E-state index contributed by atoms with van der Waals surface area (Å²) in [4.78, 5) is 16.4. The highest BCUT2D eigenvalue weighted by atomic mass is 35.5. The number of rotatable bonds is 7. The van der Waals surface area contributed by atoms with Gasteiger partial charge in [0, 0.05) is 37.8 Å². The number of anilines is 1. The highest BCUT2D eigenvalue weighted by molar-refractivity contribution is 6.43. The number of carbonyl (C=O) groups excluding carboxylic acids is 1. The molecule has 1 fully saturated rings. The molecule has 1 amide bonds. The molecule has 1 aliphatic rings. The fourth-order valence-corrected chi connectivity index (χ4v) is 4.16. The Balaban J connectivity index is 1.29. The molecule has 7 nitrogen and oxygen atoms in total. The lowest BCUT2D eigenvalue weighted by Crippen LogP contribution is -2.50. The Morgan fingerprint density at radius 1 is 0.882 bits per heavy atom. The number of ether oxygens (including phenoxy) is 2. The summed E-state index contributed by atoms with van der Waals surface area (Å²) in [6.07, 6.45) is 0. The zero-order valence-corrected chi connectivity index (χ0v) is 20.8. The predicted octanol–water partition coefficient (Wildman–Crippen LogP) is 5.23. The smallest absolute Gasteiger partial charge is 0.260 e. The van der Waals surface area contributed by atoms with Crippen LogP contribution in [0.15, 0.2) is 48.5 Å². The fraction of sp³-hybridized carbons (Fsp3) is 0.292. The van der Waals surface area contributed by atoms with Crippen LogP contribution in [0.2, 0.25) is 15.1 Å². The van der Waals surface area contributed by atoms with Crippen LogP contribution in [0, 0.1) is 0 Å². The van der Waals surface area contributed by atoms with Gasteiger partial charge in [0.2, 0.25) is 0 Å². The van der Waals surface area contributed by atoms with Crippen LogP contribution in [0.25, 0.3) is 11.3 Å². The number of hydrogen-bond donors (Lipinski definition) is 0. The molecule has 3 aromatic rings. The lowest BCUT2D eigenvalue weighted by atomic mass is 10.1. The van der Waals surface area contributed by atoms with Crippen molar-refractivity contribution in [2.45, 2.75) is 6.92 Å². The van der Waals surface area contributed by atoms with Crippen LogP contribution >= 0.6 is 34.8 Å². The average molecular weight is 522 g/mol. The molecule has 0 radical (unpaired) electrons. The standard InChI is InChI=1S/C24H23Cl3N4O3/c1-2-33-17-5-3-16(4-6-17)21-7-8-23(29-28-21)30-9-11-31(12-10-30)24(32)15-34-22-14-19(26)18(25)13-20(22)27/h3-8,13-14H,2,9-12,15H2,1H3. The van der Waals surface area contributed by atoms with Gasteiger partial charge in [-0.25, -0.2) is 0 Å². The maximum atomic E-state index is 12.6. The number of carbonyl (C=O) groups is 1. The summed E-state index contributed by atoms with van der Waals surface area (Å²) in [7, 11) is 0. The van der Waals surface area contributed by atoms with Crippen molar-refractivity contribution in [3.8, 4) is 22.8 Å². The van der Waals surface area contributed by atoms with Gasteiger partial charge in [0.25, 0.3) is 5.91 Å². The van der Waals surface area contributed by atoms with E-state index in [1.165, 1.54) is 12.1 Å². The molecule has 4 rings (SSSR count). The first-order chi connectivity index (χ1) is 16.4. The molecule has 1 aliphatic heterocycles. The first kappa shape index (κ1) is 24.4. The molecule has 0 spiro atoms. The van der Waals surface area contributed by atoms with Crippen molar-refractivity contribution < 1.29 is 14.3 Å². The highest BCUT2D eigenvalue weighted by Crippen LogP contribution is 2.33. The molecule has 34 heavy (non-hydrogen) atoms. The summed E-state index contributed by atoms with van der Waals surface area (Å²) in [5.74, 6) is 1.80. The highest BCUT2D eigenvalue weighted by Gasteiger charge is 2.23. The second kappa shape index (κ2) is 11.1. The normalized spacial score (nSPS) is 13.6. The van der Waals surface area contributed by atoms with Crippen molar-refractivity contribution in [1.29, 1.82) is 0 Å². The molecule has 1 saturated heterocycles. The second-order valence-electron chi connectivity index (χ2n) is 7.59. The Hall–Kier alpha value is -2.74. The van der Waals surface area contributed by atoms with Gasteiger partial charge in [0.1, 0.15) is 11.5 Å². The number of benzene rings is 2. The zero-order chi connectivity index (χ0) is 24.1. The van der Waals surface area contributed by atoms with Crippen molar-refractivity contribution in [3.05, 3.63) is 63.6 Å². The molecule has 0 saturated carbocycles. The molecular weight excluding hydrogens is 499 g/mol. The fourth-order valence-electron chi connectivity index (χ4n) is 3.57. The summed E-state index contributed by atoms with van der Waals surface area (Å²) in [6, 6.07) is 14.7. The van der Waals surface area contributed by atoms with Crippen molar-refractivity contribution in [2.24, 2.45) is 0 Å². The Bertz CT molecular complexity index is 1140. The Labute approximate surface area is 213 Å². The van der Waals surface area contributed by atoms with Crippen molar-refractivity contribution in [1.82, 2.24) is 15.1 Å². The van der Waals surface area contributed by atoms with Crippen molar-refractivity contribution in [3.63, 3.8) is 0 Å². The first-order valence-corrected chi connectivity index (χ1v) is 11.9. The molecule has 2 heterocycles. The van der Waals surface area contributed by atoms with E-state index in [0.717, 1.165) is 22.8 Å². The molecular formula is C24H23Cl3N4O3. The topological polar surface area (TPSA) is 67.8 Å². The monoisotopic (exact) mass is 520 g/mol. The van der Waals surface area contributed by atoms with E-state index < -0.39 is 0 Å². The van der Waals surface area contributed by atoms with E-state index in [-0.39, 0.29) is 12.5 Å². The SMILES string of the molecule is CCOc1ccc(-c2ccc(N3CCN(C(=O)COc4cc(Cl)c(Cl)cc4Cl)CC3)nn2)cc1. The lowest BCUT2D eigenvalue weighted by molar-refractivity contribution is -0.133. The third kappa shape index (κ3) is 5.84. The largest absolute Gasteiger partial charge is 0.494 e. The molecule has 0 atom stereocenters. The summed E-state index contributed by atoms with van der Waals surface area (Å²) >= 11 is 18.0. The third-order valence-electron chi connectivity index (χ3n) is 5.39. The molecule has 0 unspecified atom stereocenters. The molecule has 0 N–H and O–H groups in total. The van der Waals surface area contributed by atoms with Crippen LogP contribution in [0.5, 0.6) is 11.5 Å². The van der Waals surface area contributed by atoms with Gasteiger partial charge in [-0.05, 0) is 49.4 Å². The van der Waals surface area contributed by atoms with Crippen molar-refractivity contribution in [2.75, 3.05) is 44.3 Å². The molecule has 1 aromatic heterocycles. The molecule has 2 aromatic carbocycles. The van der Waals surface area contributed by atoms with Gasteiger partial charge < -0.3 is 19.3 Å². The molecule has 0 bridgehead atoms. The van der Waals surface area contributed by atoms with Crippen molar-refractivity contribution >= 4 is 46.5 Å². The van der Waals surface area contributed by atoms with E-state index in [2.05, 4.69) is 15.1 Å². The Kier molecular flexibility index (Phi) is 7.98. The van der Waals surface area contributed by atoms with Gasteiger partial charge in [-0.1, -0.05) is 34.8 Å². The first-order valence-electron chi connectivity index (χ1n) is 10.8. The van der Waals surface area contributed by atoms with Gasteiger partial charge in [-0.15, -0.1) is 10.2 Å². The Morgan fingerprint density at radius 3 is 2.24 bits per heavy atom. The maximum absolute atomic E-state index is 12.6. The summed E-state index contributed by atoms with van der Waals surface area (Å²) in [5, 5.41) is 9.71. The molecule has 0 aliphatic carbocycles. The molecule has 178 valence electrons. The minimum atomic E-state index is -0.131. The quantitative estimate of drug-likeness (QED) is 0.397. The number of aromatic nitrogens is 2. The van der Waals surface area contributed by atoms with Crippen LogP contribution < -0.4 is 14.4 Å². The summed E-state index contributed by atoms with van der Waals surface area (Å²) in [5.41, 5.74) is 1.76. The summed E-state index contributed by atoms with van der Waals surface area (Å²) < 4.78 is 11.0. The number of nitrogens with zero attached hydrogens (tertiary/aromatic N) is 4. The van der Waals surface area contributed by atoms with E-state index in [1.54, 1.807) is 4.90 Å². The Morgan fingerprint density at radius 2 is 1.59 bits per heavy atom. The van der Waals surface area contributed by atoms with Gasteiger partial charge in [0.15, 0.2) is 12.4 Å². The van der Waals surface area contributed by atoms with E-state index in [9.17, 15) is 4.79 Å². The van der Waals surface area contributed by atoms with E-state index in [0.29, 0.717) is 53.6 Å². The van der Waals surface area contributed by atoms with E-state index in [1.807, 2.05) is 43.3 Å². The number of halogens is 3. The van der Waals surface area contributed by atoms with Crippen LogP contribution in [0.1, 0.15) is 6.92 Å². The predicted molar refractivity (Wildman–Crippen MR) is 134 cm³/mol. The van der Waals surface area contributed by atoms with E-state index >= 15 is 0 Å². The number of piperazine rings is 1. The van der Waals surface area contributed by atoms with Gasteiger partial charge >= 0.3 is 0 Å². The lowest BCUT2D eigenvalue weighted by Gasteiger charge is -2.35. The van der Waals surface area contributed by atoms with Gasteiger partial charge in [-0.2, -0.15) is 0 Å². The second-order valence-corrected chi connectivity index (χ2v) is 8.81. The van der Waals surface area contributed by atoms with Crippen LogP contribution in [-0.4, -0.2) is 60.4 Å². The van der Waals surface area contributed by atoms with Gasteiger partial charge in [-0.3, -0.25) is 4.79 Å². The third-order valence-corrected chi connectivity index (χ3v) is 6.41. The molecule has 10 heteroatoms. The van der Waals surface area contributed by atoms with Crippen LogP contribution in [0.3, 0.4) is 0 Å².